The number of carbonyl (C=O) groups is 2. The average Bonchev–Trinajstić information content (AvgIpc) is 2.37. The largest absolute Gasteiger partial charge is 0.374 e. The second-order valence-electron chi connectivity index (χ2n) is 4.59. The second kappa shape index (κ2) is 8.84. The zero-order valence-corrected chi connectivity index (χ0v) is 11.7. The molecule has 19 heavy (non-hydrogen) atoms. The minimum absolute atomic E-state index is 0.0977. The molecule has 0 saturated carbocycles. The van der Waals surface area contributed by atoms with E-state index in [0.717, 1.165) is 13.0 Å². The molecule has 0 spiro atoms. The van der Waals surface area contributed by atoms with Gasteiger partial charge in [0, 0.05) is 26.2 Å². The minimum atomic E-state index is -0.424. The van der Waals surface area contributed by atoms with Crippen LogP contribution in [0.2, 0.25) is 0 Å². The molecule has 0 bridgehead atoms. The van der Waals surface area contributed by atoms with Gasteiger partial charge in [-0.25, -0.2) is 4.79 Å². The minimum Gasteiger partial charge on any atom is -0.374 e. The van der Waals surface area contributed by atoms with E-state index in [4.69, 9.17) is 4.74 Å². The molecule has 1 aliphatic rings. The first-order chi connectivity index (χ1) is 9.15. The Morgan fingerprint density at radius 3 is 2.89 bits per heavy atom. The van der Waals surface area contributed by atoms with Crippen LogP contribution in [-0.2, 0) is 9.53 Å². The average molecular weight is 272 g/mol. The third-order valence-corrected chi connectivity index (χ3v) is 2.81. The summed E-state index contributed by atoms with van der Waals surface area (Å²) in [6, 6.07) is -0.424. The zero-order chi connectivity index (χ0) is 14.1. The van der Waals surface area contributed by atoms with Crippen molar-refractivity contribution in [3.8, 4) is 0 Å². The first-order valence-corrected chi connectivity index (χ1v) is 6.72. The van der Waals surface area contributed by atoms with Crippen molar-refractivity contribution < 1.29 is 14.3 Å². The van der Waals surface area contributed by atoms with Gasteiger partial charge in [-0.05, 0) is 13.5 Å². The van der Waals surface area contributed by atoms with Crippen molar-refractivity contribution in [1.29, 1.82) is 0 Å². The van der Waals surface area contributed by atoms with Crippen LogP contribution in [0.1, 0.15) is 13.3 Å². The molecule has 110 valence electrons. The molecule has 1 atom stereocenters. The van der Waals surface area contributed by atoms with Crippen molar-refractivity contribution in [2.24, 2.45) is 0 Å². The maximum absolute atomic E-state index is 11.7. The molecule has 1 rings (SSSR count). The number of morpholine rings is 1. The number of hydrogen-bond donors (Lipinski definition) is 3. The highest BCUT2D eigenvalue weighted by atomic mass is 16.5. The smallest absolute Gasteiger partial charge is 0.321 e. The summed E-state index contributed by atoms with van der Waals surface area (Å²) in [5.41, 5.74) is 0. The van der Waals surface area contributed by atoms with E-state index >= 15 is 0 Å². The van der Waals surface area contributed by atoms with Crippen molar-refractivity contribution in [1.82, 2.24) is 20.9 Å². The molecule has 7 heteroatoms. The predicted molar refractivity (Wildman–Crippen MR) is 71.9 cm³/mol. The number of likely N-dealkylation sites (N-methyl/N-ethyl adjacent to an activating group) is 1. The Kier molecular flexibility index (Phi) is 7.39. The van der Waals surface area contributed by atoms with Crippen LogP contribution in [0, 0.1) is 0 Å². The van der Waals surface area contributed by atoms with Gasteiger partial charge < -0.3 is 15.4 Å². The molecule has 0 aliphatic carbocycles. The molecule has 3 amide bonds. The fourth-order valence-electron chi connectivity index (χ4n) is 1.93. The van der Waals surface area contributed by atoms with E-state index < -0.39 is 6.03 Å². The molecule has 3 N–H and O–H groups in total. The van der Waals surface area contributed by atoms with Gasteiger partial charge in [0.05, 0.1) is 19.3 Å². The fraction of sp³-hybridized carbons (Fsp3) is 0.833. The molecule has 7 nitrogen and oxygen atoms in total. The lowest BCUT2D eigenvalue weighted by Crippen LogP contribution is -2.51. The monoisotopic (exact) mass is 272 g/mol. The molecule has 1 fully saturated rings. The first kappa shape index (κ1) is 15.9. The topological polar surface area (TPSA) is 82.7 Å². The maximum atomic E-state index is 11.7. The van der Waals surface area contributed by atoms with E-state index in [-0.39, 0.29) is 18.6 Å². The highest BCUT2D eigenvalue weighted by Gasteiger charge is 2.22. The zero-order valence-electron chi connectivity index (χ0n) is 11.7. The lowest BCUT2D eigenvalue weighted by molar-refractivity contribution is -0.123. The maximum Gasteiger partial charge on any atom is 0.321 e. The Labute approximate surface area is 114 Å². The Bertz CT molecular complexity index is 297. The van der Waals surface area contributed by atoms with Crippen molar-refractivity contribution in [2.75, 3.05) is 46.4 Å². The Balaban J connectivity index is 2.25. The quantitative estimate of drug-likeness (QED) is 0.586. The summed E-state index contributed by atoms with van der Waals surface area (Å²) in [4.78, 5) is 25.0. The van der Waals surface area contributed by atoms with Gasteiger partial charge >= 0.3 is 6.03 Å². The second-order valence-corrected chi connectivity index (χ2v) is 4.59. The molecular weight excluding hydrogens is 248 g/mol. The molecule has 1 heterocycles. The van der Waals surface area contributed by atoms with Crippen LogP contribution < -0.4 is 16.0 Å². The van der Waals surface area contributed by atoms with E-state index in [1.54, 1.807) is 0 Å². The van der Waals surface area contributed by atoms with Crippen LogP contribution in [0.4, 0.5) is 4.79 Å². The predicted octanol–water partition coefficient (Wildman–Crippen LogP) is -0.858. The molecule has 0 aromatic rings. The summed E-state index contributed by atoms with van der Waals surface area (Å²) in [7, 11) is 1.87. The number of imide groups is 1. The molecule has 0 radical (unpaired) electrons. The number of nitrogens with one attached hydrogen (secondary N) is 3. The number of hydrogen-bond acceptors (Lipinski definition) is 5. The molecule has 0 aromatic heterocycles. The molecule has 1 saturated heterocycles. The van der Waals surface area contributed by atoms with Crippen molar-refractivity contribution in [3.63, 3.8) is 0 Å². The number of urea groups is 1. The molecule has 1 aliphatic heterocycles. The third-order valence-electron chi connectivity index (χ3n) is 2.81. The Morgan fingerprint density at radius 2 is 2.21 bits per heavy atom. The summed E-state index contributed by atoms with van der Waals surface area (Å²) in [6.45, 7) is 5.54. The highest BCUT2D eigenvalue weighted by molar-refractivity contribution is 5.95. The third kappa shape index (κ3) is 6.51. The lowest BCUT2D eigenvalue weighted by atomic mass is 10.2. The molecule has 1 unspecified atom stereocenters. The summed E-state index contributed by atoms with van der Waals surface area (Å²) < 4.78 is 5.55. The van der Waals surface area contributed by atoms with Crippen LogP contribution in [-0.4, -0.2) is 69.3 Å². The normalized spacial score (nSPS) is 20.0. The van der Waals surface area contributed by atoms with Gasteiger partial charge in [-0.1, -0.05) is 6.92 Å². The lowest BCUT2D eigenvalue weighted by Gasteiger charge is -2.32. The number of ether oxygens (including phenoxy) is 1. The fourth-order valence-corrected chi connectivity index (χ4v) is 1.93. The van der Waals surface area contributed by atoms with E-state index in [0.29, 0.717) is 26.2 Å². The van der Waals surface area contributed by atoms with Crippen molar-refractivity contribution in [2.45, 2.75) is 19.4 Å². The number of carbonyl (C=O) groups excluding carboxylic acids is 2. The SMILES string of the molecule is CCCNC(=O)NC(=O)CN1CCOC(CNC)C1. The summed E-state index contributed by atoms with van der Waals surface area (Å²) in [5.74, 6) is -0.279. The number of amides is 3. The van der Waals surface area contributed by atoms with E-state index in [9.17, 15) is 9.59 Å². The molecule has 0 aromatic carbocycles. The van der Waals surface area contributed by atoms with Gasteiger partial charge in [0.2, 0.25) is 5.91 Å². The van der Waals surface area contributed by atoms with Crippen LogP contribution in [0.25, 0.3) is 0 Å². The first-order valence-electron chi connectivity index (χ1n) is 6.72. The van der Waals surface area contributed by atoms with Crippen LogP contribution in [0.3, 0.4) is 0 Å². The number of nitrogens with zero attached hydrogens (tertiary/aromatic N) is 1. The van der Waals surface area contributed by atoms with Gasteiger partial charge in [-0.15, -0.1) is 0 Å². The number of rotatable bonds is 6. The van der Waals surface area contributed by atoms with Gasteiger partial charge in [-0.3, -0.25) is 15.0 Å². The Morgan fingerprint density at radius 1 is 1.42 bits per heavy atom. The van der Waals surface area contributed by atoms with Gasteiger partial charge in [-0.2, -0.15) is 0 Å². The van der Waals surface area contributed by atoms with Crippen LogP contribution in [0.5, 0.6) is 0 Å². The Hall–Kier alpha value is -1.18. The van der Waals surface area contributed by atoms with Gasteiger partial charge in [0.25, 0.3) is 0 Å². The van der Waals surface area contributed by atoms with E-state index in [1.807, 2.05) is 18.9 Å². The highest BCUT2D eigenvalue weighted by Crippen LogP contribution is 2.03. The summed E-state index contributed by atoms with van der Waals surface area (Å²) >= 11 is 0. The van der Waals surface area contributed by atoms with E-state index in [2.05, 4.69) is 16.0 Å². The summed E-state index contributed by atoms with van der Waals surface area (Å²) in [5, 5.41) is 7.98. The summed E-state index contributed by atoms with van der Waals surface area (Å²) in [6.07, 6.45) is 0.942. The van der Waals surface area contributed by atoms with Crippen molar-refractivity contribution in [3.05, 3.63) is 0 Å². The van der Waals surface area contributed by atoms with Gasteiger partial charge in [0.1, 0.15) is 0 Å². The molecular formula is C12H24N4O3. The van der Waals surface area contributed by atoms with Crippen molar-refractivity contribution >= 4 is 11.9 Å². The van der Waals surface area contributed by atoms with Crippen LogP contribution in [0.15, 0.2) is 0 Å². The standard InChI is InChI=1S/C12H24N4O3/c1-3-4-14-12(18)15-11(17)9-16-5-6-19-10(8-16)7-13-2/h10,13H,3-9H2,1-2H3,(H2,14,15,17,18). The van der Waals surface area contributed by atoms with Gasteiger partial charge in [0.15, 0.2) is 0 Å². The van der Waals surface area contributed by atoms with Crippen LogP contribution >= 0.6 is 0 Å². The van der Waals surface area contributed by atoms with E-state index in [1.165, 1.54) is 0 Å².